The highest BCUT2D eigenvalue weighted by molar-refractivity contribution is 5.75. The first-order valence-corrected chi connectivity index (χ1v) is 5.98. The number of carbonyl (C=O) groups excluding carboxylic acids is 1. The highest BCUT2D eigenvalue weighted by Gasteiger charge is 2.18. The Hall–Kier alpha value is -1.95. The summed E-state index contributed by atoms with van der Waals surface area (Å²) < 4.78 is 16.0. The third kappa shape index (κ3) is 3.08. The molecule has 1 aliphatic heterocycles. The molecule has 6 nitrogen and oxygen atoms in total. The quantitative estimate of drug-likeness (QED) is 0.853. The van der Waals surface area contributed by atoms with E-state index < -0.39 is 0 Å². The molecule has 1 heterocycles. The molecule has 0 saturated carbocycles. The SMILES string of the molecule is CN(C)C(=O)CCOc1cc2c(cc1CO)OCO2. The molecule has 0 spiro atoms. The molecule has 0 radical (unpaired) electrons. The first-order chi connectivity index (χ1) is 9.11. The van der Waals surface area contributed by atoms with Crippen LogP contribution in [0.25, 0.3) is 0 Å². The molecular weight excluding hydrogens is 250 g/mol. The number of amides is 1. The van der Waals surface area contributed by atoms with Gasteiger partial charge < -0.3 is 24.2 Å². The van der Waals surface area contributed by atoms with E-state index in [9.17, 15) is 9.90 Å². The number of fused-ring (bicyclic) bond motifs is 1. The topological polar surface area (TPSA) is 68.2 Å². The van der Waals surface area contributed by atoms with Crippen molar-refractivity contribution in [3.8, 4) is 17.2 Å². The lowest BCUT2D eigenvalue weighted by atomic mass is 10.2. The molecule has 1 aromatic carbocycles. The molecule has 0 saturated heterocycles. The first-order valence-electron chi connectivity index (χ1n) is 5.98. The Bertz CT molecular complexity index is 472. The van der Waals surface area contributed by atoms with Crippen molar-refractivity contribution in [2.75, 3.05) is 27.5 Å². The summed E-state index contributed by atoms with van der Waals surface area (Å²) in [4.78, 5) is 12.9. The first kappa shape index (κ1) is 13.5. The summed E-state index contributed by atoms with van der Waals surface area (Å²) in [5, 5.41) is 9.29. The Kier molecular flexibility index (Phi) is 4.11. The second-order valence-corrected chi connectivity index (χ2v) is 4.36. The predicted molar refractivity (Wildman–Crippen MR) is 67.3 cm³/mol. The van der Waals surface area contributed by atoms with Crippen LogP contribution in [0.3, 0.4) is 0 Å². The maximum absolute atomic E-state index is 11.4. The summed E-state index contributed by atoms with van der Waals surface area (Å²) in [6.07, 6.45) is 0.284. The zero-order valence-corrected chi connectivity index (χ0v) is 11.0. The van der Waals surface area contributed by atoms with Gasteiger partial charge in [0.1, 0.15) is 5.75 Å². The van der Waals surface area contributed by atoms with Crippen LogP contribution in [0.2, 0.25) is 0 Å². The number of hydrogen-bond donors (Lipinski definition) is 1. The molecule has 1 N–H and O–H groups in total. The van der Waals surface area contributed by atoms with Gasteiger partial charge in [-0.25, -0.2) is 0 Å². The van der Waals surface area contributed by atoms with Gasteiger partial charge in [0.25, 0.3) is 0 Å². The Labute approximate surface area is 111 Å². The second-order valence-electron chi connectivity index (χ2n) is 4.36. The number of hydrogen-bond acceptors (Lipinski definition) is 5. The molecule has 0 atom stereocenters. The van der Waals surface area contributed by atoms with Crippen molar-refractivity contribution in [2.24, 2.45) is 0 Å². The minimum Gasteiger partial charge on any atom is -0.493 e. The standard InChI is InChI=1S/C13H17NO5/c1-14(2)13(16)3-4-17-10-6-12-11(18-8-19-12)5-9(10)7-15/h5-6,15H,3-4,7-8H2,1-2H3. The summed E-state index contributed by atoms with van der Waals surface area (Å²) in [5.41, 5.74) is 0.613. The zero-order valence-electron chi connectivity index (χ0n) is 11.0. The third-order valence-electron chi connectivity index (χ3n) is 2.80. The molecule has 1 aromatic rings. The number of aliphatic hydroxyl groups excluding tert-OH is 1. The van der Waals surface area contributed by atoms with Crippen molar-refractivity contribution in [2.45, 2.75) is 13.0 Å². The summed E-state index contributed by atoms with van der Waals surface area (Å²) >= 11 is 0. The van der Waals surface area contributed by atoms with Gasteiger partial charge in [0, 0.05) is 25.7 Å². The second kappa shape index (κ2) is 5.79. The van der Waals surface area contributed by atoms with Crippen LogP contribution in [0.4, 0.5) is 0 Å². The van der Waals surface area contributed by atoms with E-state index in [2.05, 4.69) is 0 Å². The largest absolute Gasteiger partial charge is 0.493 e. The van der Waals surface area contributed by atoms with Crippen molar-refractivity contribution >= 4 is 5.91 Å². The van der Waals surface area contributed by atoms with Crippen molar-refractivity contribution in [3.05, 3.63) is 17.7 Å². The van der Waals surface area contributed by atoms with Gasteiger partial charge in [0.2, 0.25) is 12.7 Å². The Morgan fingerprint density at radius 2 is 2.05 bits per heavy atom. The Balaban J connectivity index is 2.01. The number of benzene rings is 1. The van der Waals surface area contributed by atoms with Crippen molar-refractivity contribution in [1.82, 2.24) is 4.90 Å². The van der Waals surface area contributed by atoms with Gasteiger partial charge in [-0.2, -0.15) is 0 Å². The minimum atomic E-state index is -0.159. The molecule has 0 aliphatic carbocycles. The molecule has 0 fully saturated rings. The molecule has 0 unspecified atom stereocenters. The molecule has 2 rings (SSSR count). The van der Waals surface area contributed by atoms with Crippen LogP contribution in [0.15, 0.2) is 12.1 Å². The van der Waals surface area contributed by atoms with Crippen LogP contribution in [-0.2, 0) is 11.4 Å². The normalized spacial score (nSPS) is 12.4. The minimum absolute atomic E-state index is 0.00806. The maximum atomic E-state index is 11.4. The zero-order chi connectivity index (χ0) is 13.8. The fraction of sp³-hybridized carbons (Fsp3) is 0.462. The van der Waals surface area contributed by atoms with E-state index in [-0.39, 0.29) is 32.3 Å². The lowest BCUT2D eigenvalue weighted by Gasteiger charge is -2.13. The van der Waals surface area contributed by atoms with Gasteiger partial charge in [0.05, 0.1) is 19.6 Å². The van der Waals surface area contributed by atoms with Crippen molar-refractivity contribution in [1.29, 1.82) is 0 Å². The van der Waals surface area contributed by atoms with Crippen molar-refractivity contribution < 1.29 is 24.1 Å². The van der Waals surface area contributed by atoms with Gasteiger partial charge in [-0.3, -0.25) is 4.79 Å². The molecule has 1 aliphatic rings. The monoisotopic (exact) mass is 267 g/mol. The van der Waals surface area contributed by atoms with Gasteiger partial charge in [-0.05, 0) is 6.07 Å². The average molecular weight is 267 g/mol. The molecule has 0 aromatic heterocycles. The molecule has 104 valence electrons. The van der Waals surface area contributed by atoms with E-state index in [4.69, 9.17) is 14.2 Å². The molecule has 6 heteroatoms. The molecule has 19 heavy (non-hydrogen) atoms. The average Bonchev–Trinajstić information content (AvgIpc) is 2.84. The predicted octanol–water partition coefficient (Wildman–Crippen LogP) is 0.765. The fourth-order valence-electron chi connectivity index (χ4n) is 1.70. The van der Waals surface area contributed by atoms with Crippen molar-refractivity contribution in [3.63, 3.8) is 0 Å². The van der Waals surface area contributed by atoms with Crippen LogP contribution in [0.5, 0.6) is 17.2 Å². The van der Waals surface area contributed by atoms with Crippen LogP contribution in [0, 0.1) is 0 Å². The van der Waals surface area contributed by atoms with E-state index in [1.54, 1.807) is 26.2 Å². The number of ether oxygens (including phenoxy) is 3. The smallest absolute Gasteiger partial charge is 0.231 e. The summed E-state index contributed by atoms with van der Waals surface area (Å²) in [6.45, 7) is 0.264. The summed E-state index contributed by atoms with van der Waals surface area (Å²) in [7, 11) is 3.39. The summed E-state index contributed by atoms with van der Waals surface area (Å²) in [5.74, 6) is 1.69. The number of nitrogens with zero attached hydrogens (tertiary/aromatic N) is 1. The summed E-state index contributed by atoms with van der Waals surface area (Å²) in [6, 6.07) is 3.36. The van der Waals surface area contributed by atoms with E-state index in [0.29, 0.717) is 22.8 Å². The van der Waals surface area contributed by atoms with E-state index in [0.717, 1.165) is 0 Å². The lowest BCUT2D eigenvalue weighted by molar-refractivity contribution is -0.129. The molecule has 0 bridgehead atoms. The fourth-order valence-corrected chi connectivity index (χ4v) is 1.70. The number of aliphatic hydroxyl groups is 1. The van der Waals surface area contributed by atoms with Crippen LogP contribution in [0.1, 0.15) is 12.0 Å². The molecular formula is C13H17NO5. The highest BCUT2D eigenvalue weighted by atomic mass is 16.7. The van der Waals surface area contributed by atoms with E-state index in [1.807, 2.05) is 0 Å². The number of rotatable bonds is 5. The third-order valence-corrected chi connectivity index (χ3v) is 2.80. The number of carbonyl (C=O) groups is 1. The van der Waals surface area contributed by atoms with Gasteiger partial charge >= 0.3 is 0 Å². The Morgan fingerprint density at radius 3 is 2.68 bits per heavy atom. The van der Waals surface area contributed by atoms with Crippen LogP contribution >= 0.6 is 0 Å². The van der Waals surface area contributed by atoms with Gasteiger partial charge in [0.15, 0.2) is 11.5 Å². The maximum Gasteiger partial charge on any atom is 0.231 e. The van der Waals surface area contributed by atoms with E-state index in [1.165, 1.54) is 4.90 Å². The van der Waals surface area contributed by atoms with Crippen LogP contribution in [-0.4, -0.2) is 43.4 Å². The Morgan fingerprint density at radius 1 is 1.37 bits per heavy atom. The highest BCUT2D eigenvalue weighted by Crippen LogP contribution is 2.38. The van der Waals surface area contributed by atoms with Gasteiger partial charge in [-0.1, -0.05) is 0 Å². The van der Waals surface area contributed by atoms with Gasteiger partial charge in [-0.15, -0.1) is 0 Å². The van der Waals surface area contributed by atoms with Crippen LogP contribution < -0.4 is 14.2 Å². The van der Waals surface area contributed by atoms with E-state index >= 15 is 0 Å². The molecule has 1 amide bonds. The lowest BCUT2D eigenvalue weighted by Crippen LogP contribution is -2.23.